The third-order valence-electron chi connectivity index (χ3n) is 3.56. The molecule has 0 aliphatic carbocycles. The lowest BCUT2D eigenvalue weighted by atomic mass is 9.89. The molecule has 1 heteroatoms. The number of unbranched alkanes of at least 4 members (excludes halogenated alkanes) is 10. The molecule has 0 heterocycles. The minimum Gasteiger partial charge on any atom is -0.0928 e. The first-order valence-electron chi connectivity index (χ1n) is 8.12. The van der Waals surface area contributed by atoms with Gasteiger partial charge in [0.15, 0.2) is 0 Å². The van der Waals surface area contributed by atoms with Gasteiger partial charge in [0.2, 0.25) is 0 Å². The normalized spacial score (nSPS) is 12.0. The second kappa shape index (κ2) is 12.5. The summed E-state index contributed by atoms with van der Waals surface area (Å²) >= 11 is 3.49. The zero-order chi connectivity index (χ0) is 13.7. The summed E-state index contributed by atoms with van der Waals surface area (Å²) < 4.78 is 0. The van der Waals surface area contributed by atoms with Gasteiger partial charge in [0.25, 0.3) is 0 Å². The summed E-state index contributed by atoms with van der Waals surface area (Å²) in [6.45, 7) is 7.05. The number of rotatable bonds is 12. The summed E-state index contributed by atoms with van der Waals surface area (Å²) in [6, 6.07) is 0. The summed E-state index contributed by atoms with van der Waals surface area (Å²) in [6.07, 6.45) is 17.2. The van der Waals surface area contributed by atoms with Gasteiger partial charge in [0.05, 0.1) is 0 Å². The molecule has 0 amide bonds. The van der Waals surface area contributed by atoms with Crippen molar-refractivity contribution in [3.05, 3.63) is 0 Å². The lowest BCUT2D eigenvalue weighted by molar-refractivity contribution is 0.356. The van der Waals surface area contributed by atoms with Gasteiger partial charge >= 0.3 is 0 Å². The van der Waals surface area contributed by atoms with Crippen molar-refractivity contribution in [2.75, 3.05) is 5.33 Å². The van der Waals surface area contributed by atoms with Crippen LogP contribution in [-0.4, -0.2) is 5.33 Å². The molecule has 110 valence electrons. The van der Waals surface area contributed by atoms with Crippen molar-refractivity contribution in [1.29, 1.82) is 0 Å². The molecule has 0 atom stereocenters. The van der Waals surface area contributed by atoms with Gasteiger partial charge in [-0.05, 0) is 18.3 Å². The van der Waals surface area contributed by atoms with Crippen LogP contribution in [0.3, 0.4) is 0 Å². The predicted octanol–water partition coefficient (Wildman–Crippen LogP) is 7.11. The van der Waals surface area contributed by atoms with E-state index in [1.54, 1.807) is 0 Å². The van der Waals surface area contributed by atoms with E-state index in [2.05, 4.69) is 36.7 Å². The van der Waals surface area contributed by atoms with Gasteiger partial charge in [-0.1, -0.05) is 101 Å². The predicted molar refractivity (Wildman–Crippen MR) is 88.7 cm³/mol. The van der Waals surface area contributed by atoms with E-state index in [0.29, 0.717) is 5.41 Å². The molecular weight excluding hydrogens is 284 g/mol. The van der Waals surface area contributed by atoms with Crippen LogP contribution in [0.2, 0.25) is 0 Å². The minimum absolute atomic E-state index is 0.537. The second-order valence-electron chi connectivity index (χ2n) is 6.89. The van der Waals surface area contributed by atoms with Crippen LogP contribution in [0, 0.1) is 5.41 Å². The molecule has 0 aromatic rings. The molecule has 0 aliphatic rings. The molecule has 0 radical (unpaired) electrons. The van der Waals surface area contributed by atoms with E-state index >= 15 is 0 Å². The Morgan fingerprint density at radius 2 is 0.889 bits per heavy atom. The van der Waals surface area contributed by atoms with Gasteiger partial charge in [0.1, 0.15) is 0 Å². The fourth-order valence-electron chi connectivity index (χ4n) is 2.34. The molecule has 0 saturated carbocycles. The standard InChI is InChI=1S/C17H35Br/c1-17(2,3)15-13-11-9-7-5-4-6-8-10-12-14-16-18/h4-16H2,1-3H3. The van der Waals surface area contributed by atoms with Crippen molar-refractivity contribution in [1.82, 2.24) is 0 Å². The summed E-state index contributed by atoms with van der Waals surface area (Å²) in [7, 11) is 0. The molecule has 0 N–H and O–H groups in total. The van der Waals surface area contributed by atoms with E-state index in [-0.39, 0.29) is 0 Å². The molecular formula is C17H35Br. The molecule has 0 bridgehead atoms. The monoisotopic (exact) mass is 318 g/mol. The number of halogens is 1. The van der Waals surface area contributed by atoms with Gasteiger partial charge in [0, 0.05) is 5.33 Å². The highest BCUT2D eigenvalue weighted by molar-refractivity contribution is 9.09. The summed E-state index contributed by atoms with van der Waals surface area (Å²) in [4.78, 5) is 0. The number of hydrogen-bond donors (Lipinski definition) is 0. The van der Waals surface area contributed by atoms with Gasteiger partial charge in [-0.3, -0.25) is 0 Å². The van der Waals surface area contributed by atoms with Crippen molar-refractivity contribution < 1.29 is 0 Å². The van der Waals surface area contributed by atoms with Crippen LogP contribution < -0.4 is 0 Å². The Morgan fingerprint density at radius 3 is 1.22 bits per heavy atom. The number of hydrogen-bond acceptors (Lipinski definition) is 0. The van der Waals surface area contributed by atoms with Crippen molar-refractivity contribution in [2.45, 2.75) is 97.8 Å². The van der Waals surface area contributed by atoms with Crippen LogP contribution in [0.1, 0.15) is 97.8 Å². The van der Waals surface area contributed by atoms with Crippen LogP contribution in [0.4, 0.5) is 0 Å². The van der Waals surface area contributed by atoms with Crippen molar-refractivity contribution in [3.8, 4) is 0 Å². The molecule has 0 aliphatic heterocycles. The maximum atomic E-state index is 3.49. The third-order valence-corrected chi connectivity index (χ3v) is 4.12. The minimum atomic E-state index is 0.537. The van der Waals surface area contributed by atoms with E-state index in [4.69, 9.17) is 0 Å². The molecule has 0 unspecified atom stereocenters. The average Bonchev–Trinajstić information content (AvgIpc) is 2.29. The highest BCUT2D eigenvalue weighted by Gasteiger charge is 2.08. The second-order valence-corrected chi connectivity index (χ2v) is 7.68. The molecule has 0 aromatic heterocycles. The molecule has 0 spiro atoms. The molecule has 0 saturated heterocycles. The third kappa shape index (κ3) is 16.5. The van der Waals surface area contributed by atoms with Crippen LogP contribution in [-0.2, 0) is 0 Å². The molecule has 0 rings (SSSR count). The Hall–Kier alpha value is 0.480. The maximum Gasteiger partial charge on any atom is 0.00313 e. The fourth-order valence-corrected chi connectivity index (χ4v) is 2.74. The van der Waals surface area contributed by atoms with Crippen LogP contribution in [0.5, 0.6) is 0 Å². The summed E-state index contributed by atoms with van der Waals surface area (Å²) in [5, 5.41) is 1.18. The van der Waals surface area contributed by atoms with Crippen LogP contribution in [0.15, 0.2) is 0 Å². The first kappa shape index (κ1) is 18.5. The smallest absolute Gasteiger partial charge is 0.00313 e. The Kier molecular flexibility index (Phi) is 12.8. The Morgan fingerprint density at radius 1 is 0.556 bits per heavy atom. The van der Waals surface area contributed by atoms with E-state index in [9.17, 15) is 0 Å². The molecule has 0 aromatic carbocycles. The van der Waals surface area contributed by atoms with Gasteiger partial charge in [-0.15, -0.1) is 0 Å². The highest BCUT2D eigenvalue weighted by Crippen LogP contribution is 2.22. The van der Waals surface area contributed by atoms with Gasteiger partial charge < -0.3 is 0 Å². The molecule has 18 heavy (non-hydrogen) atoms. The van der Waals surface area contributed by atoms with E-state index in [0.717, 1.165) is 0 Å². The fraction of sp³-hybridized carbons (Fsp3) is 1.00. The Labute approximate surface area is 124 Å². The summed E-state index contributed by atoms with van der Waals surface area (Å²) in [5.74, 6) is 0. The lowest BCUT2D eigenvalue weighted by Gasteiger charge is -2.17. The zero-order valence-electron chi connectivity index (χ0n) is 13.1. The largest absolute Gasteiger partial charge is 0.0928 e. The molecule has 0 fully saturated rings. The highest BCUT2D eigenvalue weighted by atomic mass is 79.9. The Balaban J connectivity index is 2.99. The van der Waals surface area contributed by atoms with Crippen LogP contribution in [0.25, 0.3) is 0 Å². The quantitative estimate of drug-likeness (QED) is 0.265. The summed E-state index contributed by atoms with van der Waals surface area (Å²) in [5.41, 5.74) is 0.537. The van der Waals surface area contributed by atoms with E-state index in [1.165, 1.54) is 82.4 Å². The van der Waals surface area contributed by atoms with Crippen molar-refractivity contribution in [2.24, 2.45) is 5.41 Å². The first-order chi connectivity index (χ1) is 8.56. The first-order valence-corrected chi connectivity index (χ1v) is 9.24. The maximum absolute atomic E-state index is 3.49. The van der Waals surface area contributed by atoms with Gasteiger partial charge in [-0.2, -0.15) is 0 Å². The van der Waals surface area contributed by atoms with Gasteiger partial charge in [-0.25, -0.2) is 0 Å². The topological polar surface area (TPSA) is 0 Å². The average molecular weight is 319 g/mol. The van der Waals surface area contributed by atoms with E-state index in [1.807, 2.05) is 0 Å². The Bertz CT molecular complexity index is 157. The SMILES string of the molecule is CC(C)(C)CCCCCCCCCCCCCBr. The van der Waals surface area contributed by atoms with Crippen LogP contribution >= 0.6 is 15.9 Å². The van der Waals surface area contributed by atoms with E-state index < -0.39 is 0 Å². The van der Waals surface area contributed by atoms with Crippen molar-refractivity contribution >= 4 is 15.9 Å². The zero-order valence-corrected chi connectivity index (χ0v) is 14.7. The number of alkyl halides is 1. The van der Waals surface area contributed by atoms with Crippen molar-refractivity contribution in [3.63, 3.8) is 0 Å². The lowest BCUT2D eigenvalue weighted by Crippen LogP contribution is -2.03. The molecule has 0 nitrogen and oxygen atoms in total.